The average Bonchev–Trinajstić information content (AvgIpc) is 2.37. The second-order valence-corrected chi connectivity index (χ2v) is 6.01. The van der Waals surface area contributed by atoms with E-state index in [0.717, 1.165) is 31.2 Å². The molecule has 3 heteroatoms. The maximum atomic E-state index is 12.3. The number of carbonyl (C=O) groups is 1. The molecular weight excluding hydrogens is 236 g/mol. The van der Waals surface area contributed by atoms with Gasteiger partial charge in [0.2, 0.25) is 5.91 Å². The number of rotatable bonds is 3. The fourth-order valence-corrected chi connectivity index (χ4v) is 2.81. The van der Waals surface area contributed by atoms with E-state index in [1.54, 1.807) is 0 Å². The first-order valence-corrected chi connectivity index (χ1v) is 7.11. The molecule has 3 nitrogen and oxygen atoms in total. The van der Waals surface area contributed by atoms with E-state index < -0.39 is 0 Å². The van der Waals surface area contributed by atoms with Gasteiger partial charge in [-0.05, 0) is 32.3 Å². The van der Waals surface area contributed by atoms with Gasteiger partial charge >= 0.3 is 0 Å². The van der Waals surface area contributed by atoms with E-state index in [-0.39, 0.29) is 17.4 Å². The van der Waals surface area contributed by atoms with Gasteiger partial charge in [0.15, 0.2) is 0 Å². The van der Waals surface area contributed by atoms with Crippen LogP contribution < -0.4 is 11.1 Å². The van der Waals surface area contributed by atoms with Crippen molar-refractivity contribution in [3.63, 3.8) is 0 Å². The van der Waals surface area contributed by atoms with Gasteiger partial charge in [0.1, 0.15) is 0 Å². The van der Waals surface area contributed by atoms with Crippen molar-refractivity contribution in [1.29, 1.82) is 0 Å². The van der Waals surface area contributed by atoms with Crippen LogP contribution in [0, 0.1) is 12.8 Å². The molecule has 2 atom stereocenters. The predicted molar refractivity (Wildman–Crippen MR) is 77.6 cm³/mol. The standard InChI is InChI=1S/C16H24N2O/c1-12-6-8-13(9-7-12)11-18-15(19)14-5-3-4-10-16(14,2)17/h6-9,14H,3-5,10-11,17H2,1-2H3,(H,18,19). The minimum absolute atomic E-state index is 0.0494. The first-order valence-electron chi connectivity index (χ1n) is 7.11. The summed E-state index contributed by atoms with van der Waals surface area (Å²) >= 11 is 0. The van der Waals surface area contributed by atoms with E-state index in [1.807, 2.05) is 6.92 Å². The molecule has 1 saturated carbocycles. The molecule has 0 aliphatic heterocycles. The minimum atomic E-state index is -0.352. The van der Waals surface area contributed by atoms with Crippen molar-refractivity contribution in [1.82, 2.24) is 5.32 Å². The highest BCUT2D eigenvalue weighted by Crippen LogP contribution is 2.31. The Hall–Kier alpha value is -1.35. The van der Waals surface area contributed by atoms with Crippen molar-refractivity contribution in [3.05, 3.63) is 35.4 Å². The van der Waals surface area contributed by atoms with Crippen LogP contribution in [0.2, 0.25) is 0 Å². The topological polar surface area (TPSA) is 55.1 Å². The lowest BCUT2D eigenvalue weighted by molar-refractivity contribution is -0.128. The Labute approximate surface area is 115 Å². The summed E-state index contributed by atoms with van der Waals surface area (Å²) in [4.78, 5) is 12.3. The Morgan fingerprint density at radius 3 is 2.68 bits per heavy atom. The summed E-state index contributed by atoms with van der Waals surface area (Å²) in [5.41, 5.74) is 8.27. The van der Waals surface area contributed by atoms with Gasteiger partial charge in [-0.25, -0.2) is 0 Å². The van der Waals surface area contributed by atoms with Crippen LogP contribution in [0.1, 0.15) is 43.7 Å². The number of nitrogens with one attached hydrogen (secondary N) is 1. The first kappa shape index (κ1) is 14.1. The minimum Gasteiger partial charge on any atom is -0.352 e. The van der Waals surface area contributed by atoms with E-state index in [1.165, 1.54) is 5.56 Å². The highest BCUT2D eigenvalue weighted by atomic mass is 16.1. The van der Waals surface area contributed by atoms with Crippen molar-refractivity contribution < 1.29 is 4.79 Å². The molecule has 104 valence electrons. The lowest BCUT2D eigenvalue weighted by Crippen LogP contribution is -2.52. The van der Waals surface area contributed by atoms with Crippen molar-refractivity contribution in [2.75, 3.05) is 0 Å². The van der Waals surface area contributed by atoms with Crippen LogP contribution in [-0.2, 0) is 11.3 Å². The molecule has 0 aromatic heterocycles. The molecule has 3 N–H and O–H groups in total. The van der Waals surface area contributed by atoms with Crippen LogP contribution in [0.25, 0.3) is 0 Å². The molecule has 0 bridgehead atoms. The van der Waals surface area contributed by atoms with Gasteiger partial charge in [0.05, 0.1) is 5.92 Å². The first-order chi connectivity index (χ1) is 8.99. The van der Waals surface area contributed by atoms with Gasteiger partial charge < -0.3 is 11.1 Å². The molecule has 1 aromatic carbocycles. The second-order valence-electron chi connectivity index (χ2n) is 6.01. The van der Waals surface area contributed by atoms with Gasteiger partial charge in [-0.2, -0.15) is 0 Å². The second kappa shape index (κ2) is 5.74. The van der Waals surface area contributed by atoms with Gasteiger partial charge in [-0.3, -0.25) is 4.79 Å². The normalized spacial score (nSPS) is 27.0. The maximum absolute atomic E-state index is 12.3. The van der Waals surface area contributed by atoms with Gasteiger partial charge in [0, 0.05) is 12.1 Å². The molecule has 0 saturated heterocycles. The molecule has 1 aromatic rings. The number of benzene rings is 1. The van der Waals surface area contributed by atoms with Crippen LogP contribution in [-0.4, -0.2) is 11.4 Å². The summed E-state index contributed by atoms with van der Waals surface area (Å²) in [5.74, 6) is 0.0528. The summed E-state index contributed by atoms with van der Waals surface area (Å²) in [5, 5.41) is 3.02. The van der Waals surface area contributed by atoms with Crippen LogP contribution in [0.15, 0.2) is 24.3 Å². The van der Waals surface area contributed by atoms with Crippen molar-refractivity contribution in [3.8, 4) is 0 Å². The maximum Gasteiger partial charge on any atom is 0.225 e. The van der Waals surface area contributed by atoms with Crippen molar-refractivity contribution in [2.45, 2.75) is 51.6 Å². The Bertz CT molecular complexity index is 437. The third-order valence-corrected chi connectivity index (χ3v) is 4.16. The summed E-state index contributed by atoms with van der Waals surface area (Å²) in [7, 11) is 0. The Morgan fingerprint density at radius 1 is 1.37 bits per heavy atom. The zero-order valence-electron chi connectivity index (χ0n) is 11.9. The molecule has 0 radical (unpaired) electrons. The fraction of sp³-hybridized carbons (Fsp3) is 0.562. The SMILES string of the molecule is Cc1ccc(CNC(=O)C2CCCCC2(C)N)cc1. The molecule has 1 amide bonds. The van der Waals surface area contributed by atoms with Crippen LogP contribution in [0.5, 0.6) is 0 Å². The molecule has 0 heterocycles. The zero-order chi connectivity index (χ0) is 13.9. The quantitative estimate of drug-likeness (QED) is 0.877. The third kappa shape index (κ3) is 3.57. The highest BCUT2D eigenvalue weighted by molar-refractivity contribution is 5.80. The Morgan fingerprint density at radius 2 is 2.05 bits per heavy atom. The van der Waals surface area contributed by atoms with E-state index in [9.17, 15) is 4.79 Å². The largest absolute Gasteiger partial charge is 0.352 e. The highest BCUT2D eigenvalue weighted by Gasteiger charge is 2.37. The number of carbonyl (C=O) groups excluding carboxylic acids is 1. The number of hydrogen-bond donors (Lipinski definition) is 2. The summed E-state index contributed by atoms with van der Waals surface area (Å²) < 4.78 is 0. The molecule has 2 rings (SSSR count). The van der Waals surface area contributed by atoms with Crippen molar-refractivity contribution >= 4 is 5.91 Å². The number of aryl methyl sites for hydroxylation is 1. The number of nitrogens with two attached hydrogens (primary N) is 1. The fourth-order valence-electron chi connectivity index (χ4n) is 2.81. The predicted octanol–water partition coefficient (Wildman–Crippen LogP) is 2.52. The van der Waals surface area contributed by atoms with Gasteiger partial charge in [-0.15, -0.1) is 0 Å². The molecular formula is C16H24N2O. The van der Waals surface area contributed by atoms with E-state index in [2.05, 4.69) is 36.5 Å². The monoisotopic (exact) mass is 260 g/mol. The number of hydrogen-bond acceptors (Lipinski definition) is 2. The molecule has 1 fully saturated rings. The molecule has 1 aliphatic carbocycles. The van der Waals surface area contributed by atoms with Gasteiger partial charge in [-0.1, -0.05) is 42.7 Å². The van der Waals surface area contributed by atoms with E-state index in [0.29, 0.717) is 6.54 Å². The smallest absolute Gasteiger partial charge is 0.225 e. The molecule has 0 spiro atoms. The number of amides is 1. The summed E-state index contributed by atoms with van der Waals surface area (Å²) in [6.45, 7) is 4.65. The zero-order valence-corrected chi connectivity index (χ0v) is 11.9. The van der Waals surface area contributed by atoms with Crippen LogP contribution >= 0.6 is 0 Å². The Balaban J connectivity index is 1.92. The molecule has 2 unspecified atom stereocenters. The summed E-state index contributed by atoms with van der Waals surface area (Å²) in [6.07, 6.45) is 4.09. The third-order valence-electron chi connectivity index (χ3n) is 4.16. The van der Waals surface area contributed by atoms with Gasteiger partial charge in [0.25, 0.3) is 0 Å². The molecule has 19 heavy (non-hydrogen) atoms. The lowest BCUT2D eigenvalue weighted by atomic mass is 9.74. The van der Waals surface area contributed by atoms with E-state index >= 15 is 0 Å². The average molecular weight is 260 g/mol. The molecule has 1 aliphatic rings. The van der Waals surface area contributed by atoms with Crippen LogP contribution in [0.4, 0.5) is 0 Å². The summed E-state index contributed by atoms with van der Waals surface area (Å²) in [6, 6.07) is 8.24. The van der Waals surface area contributed by atoms with E-state index in [4.69, 9.17) is 5.73 Å². The van der Waals surface area contributed by atoms with Crippen LogP contribution in [0.3, 0.4) is 0 Å². The lowest BCUT2D eigenvalue weighted by Gasteiger charge is -2.37. The van der Waals surface area contributed by atoms with Crippen molar-refractivity contribution in [2.24, 2.45) is 11.7 Å². The Kier molecular flexibility index (Phi) is 4.25.